The van der Waals surface area contributed by atoms with Crippen molar-refractivity contribution in [2.75, 3.05) is 32.0 Å². The third-order valence-corrected chi connectivity index (χ3v) is 6.75. The van der Waals surface area contributed by atoms with Crippen LogP contribution < -0.4 is 10.1 Å². The van der Waals surface area contributed by atoms with Crippen LogP contribution in [0.15, 0.2) is 24.3 Å². The maximum atomic E-state index is 12.3. The van der Waals surface area contributed by atoms with E-state index in [4.69, 9.17) is 4.74 Å². The van der Waals surface area contributed by atoms with Gasteiger partial charge in [0.15, 0.2) is 0 Å². The minimum atomic E-state index is -3.23. The van der Waals surface area contributed by atoms with Crippen LogP contribution in [-0.2, 0) is 20.2 Å². The van der Waals surface area contributed by atoms with E-state index in [1.54, 1.807) is 6.92 Å². The Labute approximate surface area is 163 Å². The molecule has 1 fully saturated rings. The van der Waals surface area contributed by atoms with Crippen LogP contribution in [0.3, 0.4) is 0 Å². The molecular weight excluding hydrogens is 364 g/mol. The first-order valence-corrected chi connectivity index (χ1v) is 11.2. The van der Waals surface area contributed by atoms with E-state index in [9.17, 15) is 13.2 Å². The summed E-state index contributed by atoms with van der Waals surface area (Å²) < 4.78 is 31.1. The number of nitrogens with zero attached hydrogens (tertiary/aromatic N) is 1. The lowest BCUT2D eigenvalue weighted by Crippen LogP contribution is -2.46. The van der Waals surface area contributed by atoms with Gasteiger partial charge in [0.2, 0.25) is 15.9 Å². The van der Waals surface area contributed by atoms with Crippen molar-refractivity contribution in [3.8, 4) is 5.75 Å². The molecule has 152 valence electrons. The van der Waals surface area contributed by atoms with Crippen molar-refractivity contribution in [1.29, 1.82) is 0 Å². The molecule has 1 aliphatic rings. The van der Waals surface area contributed by atoms with E-state index in [1.807, 2.05) is 12.1 Å². The fourth-order valence-electron chi connectivity index (χ4n) is 3.13. The van der Waals surface area contributed by atoms with Gasteiger partial charge < -0.3 is 10.1 Å². The molecule has 0 radical (unpaired) electrons. The Morgan fingerprint density at radius 3 is 2.52 bits per heavy atom. The van der Waals surface area contributed by atoms with Gasteiger partial charge in [-0.15, -0.1) is 0 Å². The quantitative estimate of drug-likeness (QED) is 0.719. The Hall–Kier alpha value is -1.60. The van der Waals surface area contributed by atoms with E-state index in [-0.39, 0.29) is 29.5 Å². The van der Waals surface area contributed by atoms with Gasteiger partial charge in [-0.1, -0.05) is 32.9 Å². The molecule has 1 N–H and O–H groups in total. The summed E-state index contributed by atoms with van der Waals surface area (Å²) in [6.45, 7) is 9.68. The second-order valence-corrected chi connectivity index (χ2v) is 10.3. The zero-order valence-corrected chi connectivity index (χ0v) is 17.6. The summed E-state index contributed by atoms with van der Waals surface area (Å²) in [6, 6.07) is 7.99. The number of sulfonamides is 1. The minimum absolute atomic E-state index is 0.0726. The number of rotatable bonds is 7. The van der Waals surface area contributed by atoms with Gasteiger partial charge in [0, 0.05) is 13.1 Å². The zero-order chi connectivity index (χ0) is 20.1. The van der Waals surface area contributed by atoms with Crippen molar-refractivity contribution in [2.24, 2.45) is 5.92 Å². The van der Waals surface area contributed by atoms with Gasteiger partial charge in [-0.2, -0.15) is 0 Å². The van der Waals surface area contributed by atoms with Gasteiger partial charge in [-0.05, 0) is 42.9 Å². The number of nitrogens with one attached hydrogen (secondary N) is 1. The highest BCUT2D eigenvalue weighted by Gasteiger charge is 2.31. The molecule has 0 spiro atoms. The third kappa shape index (κ3) is 6.21. The molecule has 1 unspecified atom stereocenters. The number of carbonyl (C=O) groups excluding carboxylic acids is 1. The normalized spacial score (nSPS) is 18.9. The van der Waals surface area contributed by atoms with Crippen LogP contribution in [0.1, 0.15) is 46.1 Å². The Balaban J connectivity index is 1.76. The predicted molar refractivity (Wildman–Crippen MR) is 107 cm³/mol. The molecule has 6 nitrogen and oxygen atoms in total. The first kappa shape index (κ1) is 21.7. The number of carbonyl (C=O) groups is 1. The number of amides is 1. The highest BCUT2D eigenvalue weighted by atomic mass is 32.2. The second kappa shape index (κ2) is 9.06. The lowest BCUT2D eigenvalue weighted by Gasteiger charge is -2.30. The van der Waals surface area contributed by atoms with E-state index in [0.29, 0.717) is 26.1 Å². The van der Waals surface area contributed by atoms with E-state index in [0.717, 1.165) is 12.2 Å². The number of benzene rings is 1. The van der Waals surface area contributed by atoms with E-state index >= 15 is 0 Å². The van der Waals surface area contributed by atoms with Gasteiger partial charge in [0.1, 0.15) is 12.4 Å². The molecule has 0 saturated carbocycles. The molecule has 27 heavy (non-hydrogen) atoms. The summed E-state index contributed by atoms with van der Waals surface area (Å²) in [5.74, 6) is 0.461. The first-order chi connectivity index (χ1) is 12.6. The van der Waals surface area contributed by atoms with Gasteiger partial charge >= 0.3 is 0 Å². The Morgan fingerprint density at radius 2 is 1.93 bits per heavy atom. The number of hydrogen-bond acceptors (Lipinski definition) is 4. The van der Waals surface area contributed by atoms with Crippen molar-refractivity contribution >= 4 is 15.9 Å². The zero-order valence-electron chi connectivity index (χ0n) is 16.8. The van der Waals surface area contributed by atoms with Crippen LogP contribution in [-0.4, -0.2) is 50.6 Å². The lowest BCUT2D eigenvalue weighted by atomic mass is 9.87. The van der Waals surface area contributed by atoms with Gasteiger partial charge in [0.25, 0.3) is 0 Å². The largest absolute Gasteiger partial charge is 0.492 e. The Morgan fingerprint density at radius 1 is 1.26 bits per heavy atom. The fourth-order valence-corrected chi connectivity index (χ4v) is 4.31. The monoisotopic (exact) mass is 396 g/mol. The van der Waals surface area contributed by atoms with Crippen molar-refractivity contribution in [3.63, 3.8) is 0 Å². The molecule has 1 saturated heterocycles. The van der Waals surface area contributed by atoms with Crippen molar-refractivity contribution in [3.05, 3.63) is 29.8 Å². The van der Waals surface area contributed by atoms with Gasteiger partial charge in [-0.3, -0.25) is 4.79 Å². The Kier molecular flexibility index (Phi) is 7.28. The molecule has 2 rings (SSSR count). The molecule has 1 atom stereocenters. The molecule has 0 bridgehead atoms. The van der Waals surface area contributed by atoms with Crippen LogP contribution in [0.2, 0.25) is 0 Å². The summed E-state index contributed by atoms with van der Waals surface area (Å²) in [5, 5.41) is 2.86. The van der Waals surface area contributed by atoms with Crippen LogP contribution >= 0.6 is 0 Å². The molecule has 1 aromatic rings. The topological polar surface area (TPSA) is 75.7 Å². The van der Waals surface area contributed by atoms with Crippen molar-refractivity contribution < 1.29 is 17.9 Å². The smallest absolute Gasteiger partial charge is 0.224 e. The highest BCUT2D eigenvalue weighted by Crippen LogP contribution is 2.24. The highest BCUT2D eigenvalue weighted by molar-refractivity contribution is 7.89. The minimum Gasteiger partial charge on any atom is -0.492 e. The van der Waals surface area contributed by atoms with Crippen LogP contribution in [0.25, 0.3) is 0 Å². The average Bonchev–Trinajstić information content (AvgIpc) is 2.65. The van der Waals surface area contributed by atoms with E-state index in [1.165, 1.54) is 9.87 Å². The molecular formula is C20H32N2O4S. The summed E-state index contributed by atoms with van der Waals surface area (Å²) >= 11 is 0. The van der Waals surface area contributed by atoms with Gasteiger partial charge in [0.05, 0.1) is 18.2 Å². The molecule has 1 aliphatic heterocycles. The number of piperidine rings is 1. The van der Waals surface area contributed by atoms with Crippen LogP contribution in [0, 0.1) is 5.92 Å². The van der Waals surface area contributed by atoms with Gasteiger partial charge in [-0.25, -0.2) is 12.7 Å². The second-order valence-electron chi connectivity index (χ2n) is 8.01. The fraction of sp³-hybridized carbons (Fsp3) is 0.650. The standard InChI is InChI=1S/C20H32N2O4S/c1-5-27(24,25)22-13-6-7-16(15-22)19(23)21-12-14-26-18-10-8-17(9-11-18)20(2,3)4/h8-11,16H,5-7,12-15H2,1-4H3,(H,21,23). The Bertz CT molecular complexity index is 723. The molecule has 1 amide bonds. The van der Waals surface area contributed by atoms with Crippen molar-refractivity contribution in [2.45, 2.75) is 46.0 Å². The van der Waals surface area contributed by atoms with Crippen LogP contribution in [0.4, 0.5) is 0 Å². The maximum absolute atomic E-state index is 12.3. The molecule has 0 aromatic heterocycles. The number of hydrogen-bond donors (Lipinski definition) is 1. The first-order valence-electron chi connectivity index (χ1n) is 9.62. The SMILES string of the molecule is CCS(=O)(=O)N1CCCC(C(=O)NCCOc2ccc(C(C)(C)C)cc2)C1. The average molecular weight is 397 g/mol. The predicted octanol–water partition coefficient (Wildman–Crippen LogP) is 2.54. The van der Waals surface area contributed by atoms with Crippen LogP contribution in [0.5, 0.6) is 5.75 Å². The summed E-state index contributed by atoms with van der Waals surface area (Å²) in [4.78, 5) is 12.3. The molecule has 1 aromatic carbocycles. The number of ether oxygens (including phenoxy) is 1. The maximum Gasteiger partial charge on any atom is 0.224 e. The van der Waals surface area contributed by atoms with E-state index < -0.39 is 10.0 Å². The third-order valence-electron chi connectivity index (χ3n) is 4.90. The molecule has 7 heteroatoms. The van der Waals surface area contributed by atoms with Crippen molar-refractivity contribution in [1.82, 2.24) is 9.62 Å². The summed E-state index contributed by atoms with van der Waals surface area (Å²) in [5.41, 5.74) is 1.35. The summed E-state index contributed by atoms with van der Waals surface area (Å²) in [7, 11) is -3.23. The van der Waals surface area contributed by atoms with E-state index in [2.05, 4.69) is 38.2 Å². The molecule has 0 aliphatic carbocycles. The summed E-state index contributed by atoms with van der Waals surface area (Å²) in [6.07, 6.45) is 1.44. The lowest BCUT2D eigenvalue weighted by molar-refractivity contribution is -0.126. The molecule has 1 heterocycles.